The van der Waals surface area contributed by atoms with Crippen molar-refractivity contribution in [2.75, 3.05) is 0 Å². The molecule has 0 radical (unpaired) electrons. The second-order valence-electron chi connectivity index (χ2n) is 6.31. The minimum absolute atomic E-state index is 0.0500. The van der Waals surface area contributed by atoms with Crippen LogP contribution < -0.4 is 0 Å². The van der Waals surface area contributed by atoms with Gasteiger partial charge < -0.3 is 9.67 Å². The van der Waals surface area contributed by atoms with Gasteiger partial charge in [0.05, 0.1) is 18.6 Å². The number of aromatic nitrogens is 5. The summed E-state index contributed by atoms with van der Waals surface area (Å²) < 4.78 is 3.99. The van der Waals surface area contributed by atoms with Crippen LogP contribution in [-0.2, 0) is 19.7 Å². The van der Waals surface area contributed by atoms with Crippen LogP contribution in [0.2, 0.25) is 0 Å². The first-order chi connectivity index (χ1) is 13.3. The third kappa shape index (κ3) is 3.39. The number of hydrogen-bond donors (Lipinski definition) is 1. The van der Waals surface area contributed by atoms with Crippen LogP contribution in [0.25, 0.3) is 22.8 Å². The predicted octanol–water partition coefficient (Wildman–Crippen LogP) is 3.37. The van der Waals surface area contributed by atoms with Crippen LogP contribution >= 0.6 is 0 Å². The molecule has 0 aliphatic carbocycles. The average molecular weight is 359 g/mol. The van der Waals surface area contributed by atoms with Gasteiger partial charge in [-0.05, 0) is 18.1 Å². The summed E-state index contributed by atoms with van der Waals surface area (Å²) in [5.41, 5.74) is 4.93. The number of aliphatic hydroxyl groups is 1. The maximum Gasteiger partial charge on any atom is 0.177 e. The Morgan fingerprint density at radius 2 is 1.67 bits per heavy atom. The minimum atomic E-state index is 0.0500. The lowest BCUT2D eigenvalue weighted by Gasteiger charge is -2.11. The Hall–Kier alpha value is -3.25. The zero-order valence-corrected chi connectivity index (χ0v) is 15.2. The van der Waals surface area contributed by atoms with Crippen molar-refractivity contribution in [1.82, 2.24) is 24.3 Å². The number of rotatable bonds is 6. The van der Waals surface area contributed by atoms with Crippen LogP contribution in [0.3, 0.4) is 0 Å². The van der Waals surface area contributed by atoms with E-state index in [2.05, 4.69) is 38.7 Å². The van der Waals surface area contributed by atoms with E-state index in [4.69, 9.17) is 0 Å². The zero-order valence-electron chi connectivity index (χ0n) is 15.2. The summed E-state index contributed by atoms with van der Waals surface area (Å²) in [6.45, 7) is 3.50. The molecular weight excluding hydrogens is 338 g/mol. The van der Waals surface area contributed by atoms with Gasteiger partial charge in [0, 0.05) is 18.7 Å². The van der Waals surface area contributed by atoms with E-state index in [0.29, 0.717) is 6.54 Å². The van der Waals surface area contributed by atoms with E-state index in [0.717, 1.165) is 40.4 Å². The van der Waals surface area contributed by atoms with E-state index in [1.165, 1.54) is 0 Å². The van der Waals surface area contributed by atoms with Crippen LogP contribution in [-0.4, -0.2) is 29.4 Å². The van der Waals surface area contributed by atoms with Crippen LogP contribution in [0.15, 0.2) is 67.3 Å². The predicted molar refractivity (Wildman–Crippen MR) is 104 cm³/mol. The van der Waals surface area contributed by atoms with Crippen molar-refractivity contribution >= 4 is 0 Å². The lowest BCUT2D eigenvalue weighted by Crippen LogP contribution is -2.07. The fourth-order valence-electron chi connectivity index (χ4n) is 3.17. The van der Waals surface area contributed by atoms with Crippen LogP contribution in [0, 0.1) is 0 Å². The van der Waals surface area contributed by atoms with Crippen molar-refractivity contribution < 1.29 is 5.11 Å². The highest BCUT2D eigenvalue weighted by atomic mass is 16.3. The van der Waals surface area contributed by atoms with Crippen LogP contribution in [0.1, 0.15) is 18.1 Å². The summed E-state index contributed by atoms with van der Waals surface area (Å²) in [7, 11) is 0. The molecule has 0 aliphatic rings. The van der Waals surface area contributed by atoms with Gasteiger partial charge in [-0.2, -0.15) is 5.10 Å². The molecule has 2 aromatic heterocycles. The first kappa shape index (κ1) is 17.2. The molecule has 0 amide bonds. The SMILES string of the molecule is CCn1ncnc1-c1c(-c2ccccc2)ncn1Cc1ccc(CO)cc1. The van der Waals surface area contributed by atoms with Gasteiger partial charge in [-0.3, -0.25) is 0 Å². The molecule has 6 nitrogen and oxygen atoms in total. The highest BCUT2D eigenvalue weighted by Gasteiger charge is 2.19. The van der Waals surface area contributed by atoms with Crippen molar-refractivity contribution in [3.63, 3.8) is 0 Å². The van der Waals surface area contributed by atoms with E-state index in [1.807, 2.05) is 53.5 Å². The molecule has 0 saturated carbocycles. The van der Waals surface area contributed by atoms with Gasteiger partial charge in [0.2, 0.25) is 0 Å². The average Bonchev–Trinajstić information content (AvgIpc) is 3.35. The Morgan fingerprint density at radius 1 is 0.926 bits per heavy atom. The van der Waals surface area contributed by atoms with E-state index in [1.54, 1.807) is 6.33 Å². The van der Waals surface area contributed by atoms with Crippen LogP contribution in [0.5, 0.6) is 0 Å². The maximum atomic E-state index is 9.24. The third-order valence-electron chi connectivity index (χ3n) is 4.57. The van der Waals surface area contributed by atoms with Crippen LogP contribution in [0.4, 0.5) is 0 Å². The summed E-state index contributed by atoms with van der Waals surface area (Å²) in [6.07, 6.45) is 3.44. The first-order valence-corrected chi connectivity index (χ1v) is 8.97. The molecule has 4 aromatic rings. The molecule has 0 saturated heterocycles. The molecule has 27 heavy (non-hydrogen) atoms. The third-order valence-corrected chi connectivity index (χ3v) is 4.57. The summed E-state index contributed by atoms with van der Waals surface area (Å²) in [5.74, 6) is 0.806. The molecule has 2 aromatic carbocycles. The largest absolute Gasteiger partial charge is 0.392 e. The Bertz CT molecular complexity index is 1020. The number of benzene rings is 2. The Labute approximate surface area is 157 Å². The Morgan fingerprint density at radius 3 is 2.37 bits per heavy atom. The van der Waals surface area contributed by atoms with Gasteiger partial charge in [-0.15, -0.1) is 0 Å². The lowest BCUT2D eigenvalue weighted by atomic mass is 10.1. The lowest BCUT2D eigenvalue weighted by molar-refractivity contribution is 0.282. The number of aryl methyl sites for hydroxylation is 1. The van der Waals surface area contributed by atoms with Gasteiger partial charge in [-0.25, -0.2) is 14.6 Å². The van der Waals surface area contributed by atoms with Gasteiger partial charge in [0.15, 0.2) is 5.82 Å². The summed E-state index contributed by atoms with van der Waals surface area (Å²) in [6, 6.07) is 18.1. The minimum Gasteiger partial charge on any atom is -0.392 e. The molecule has 136 valence electrons. The molecule has 0 unspecified atom stereocenters. The number of imidazole rings is 1. The fourth-order valence-corrected chi connectivity index (χ4v) is 3.17. The van der Waals surface area contributed by atoms with E-state index in [-0.39, 0.29) is 6.61 Å². The molecule has 6 heteroatoms. The molecule has 0 atom stereocenters. The molecular formula is C21H21N5O. The quantitative estimate of drug-likeness (QED) is 0.573. The summed E-state index contributed by atoms with van der Waals surface area (Å²) in [5, 5.41) is 13.6. The van der Waals surface area contributed by atoms with E-state index in [9.17, 15) is 5.11 Å². The molecule has 0 fully saturated rings. The molecule has 0 aliphatic heterocycles. The molecule has 0 spiro atoms. The highest BCUT2D eigenvalue weighted by Crippen LogP contribution is 2.30. The summed E-state index contributed by atoms with van der Waals surface area (Å²) in [4.78, 5) is 9.19. The zero-order chi connectivity index (χ0) is 18.6. The Balaban J connectivity index is 1.80. The van der Waals surface area contributed by atoms with Crippen molar-refractivity contribution in [2.45, 2.75) is 26.6 Å². The highest BCUT2D eigenvalue weighted by molar-refractivity contribution is 5.75. The summed E-state index contributed by atoms with van der Waals surface area (Å²) >= 11 is 0. The second kappa shape index (κ2) is 7.55. The smallest absolute Gasteiger partial charge is 0.177 e. The number of hydrogen-bond acceptors (Lipinski definition) is 4. The first-order valence-electron chi connectivity index (χ1n) is 8.97. The van der Waals surface area contributed by atoms with Crippen molar-refractivity contribution in [2.24, 2.45) is 0 Å². The van der Waals surface area contributed by atoms with Gasteiger partial charge in [0.1, 0.15) is 12.0 Å². The molecule has 0 bridgehead atoms. The molecule has 1 N–H and O–H groups in total. The number of aliphatic hydroxyl groups excluding tert-OH is 1. The van der Waals surface area contributed by atoms with E-state index < -0.39 is 0 Å². The number of nitrogens with zero attached hydrogens (tertiary/aromatic N) is 5. The second-order valence-corrected chi connectivity index (χ2v) is 6.31. The fraction of sp³-hybridized carbons (Fsp3) is 0.190. The van der Waals surface area contributed by atoms with Gasteiger partial charge >= 0.3 is 0 Å². The molecule has 2 heterocycles. The standard InChI is InChI=1S/C21H21N5O/c1-2-26-21(22-14-24-26)20-19(18-6-4-3-5-7-18)23-15-25(20)12-16-8-10-17(13-27)11-9-16/h3-11,14-15,27H,2,12-13H2,1H3. The van der Waals surface area contributed by atoms with Gasteiger partial charge in [0.25, 0.3) is 0 Å². The maximum absolute atomic E-state index is 9.24. The normalized spacial score (nSPS) is 11.0. The van der Waals surface area contributed by atoms with Crippen molar-refractivity contribution in [3.05, 3.63) is 78.4 Å². The molecule has 4 rings (SSSR count). The monoisotopic (exact) mass is 359 g/mol. The van der Waals surface area contributed by atoms with Crippen molar-refractivity contribution in [1.29, 1.82) is 0 Å². The topological polar surface area (TPSA) is 68.8 Å². The van der Waals surface area contributed by atoms with Crippen molar-refractivity contribution in [3.8, 4) is 22.8 Å². The van der Waals surface area contributed by atoms with Gasteiger partial charge in [-0.1, -0.05) is 54.6 Å². The Kier molecular flexibility index (Phi) is 4.80. The van der Waals surface area contributed by atoms with E-state index >= 15 is 0 Å².